The molecule has 70 valence electrons. The molecule has 1 aromatic heterocycles. The molecule has 1 unspecified atom stereocenters. The monoisotopic (exact) mass is 182 g/mol. The van der Waals surface area contributed by atoms with Gasteiger partial charge in [0.15, 0.2) is 0 Å². The van der Waals surface area contributed by atoms with Crippen molar-refractivity contribution in [1.29, 1.82) is 0 Å². The van der Waals surface area contributed by atoms with E-state index in [1.165, 1.54) is 25.3 Å². The second-order valence-electron chi connectivity index (χ2n) is 2.78. The van der Waals surface area contributed by atoms with E-state index in [1.54, 1.807) is 0 Å². The van der Waals surface area contributed by atoms with Gasteiger partial charge in [0.2, 0.25) is 0 Å². The van der Waals surface area contributed by atoms with Crippen LogP contribution in [0.3, 0.4) is 0 Å². The fourth-order valence-electron chi connectivity index (χ4n) is 0.862. The van der Waals surface area contributed by atoms with E-state index in [1.807, 2.05) is 0 Å². The van der Waals surface area contributed by atoms with E-state index in [4.69, 9.17) is 5.11 Å². The highest BCUT2D eigenvalue weighted by Gasteiger charge is 2.12. The lowest BCUT2D eigenvalue weighted by Gasteiger charge is -2.06. The van der Waals surface area contributed by atoms with Crippen LogP contribution in [0.2, 0.25) is 0 Å². The number of aliphatic carboxylic acids is 1. The molecule has 0 aliphatic carbocycles. The highest BCUT2D eigenvalue weighted by atomic mass is 16.4. The number of nitrogens with zero attached hydrogens (tertiary/aromatic N) is 2. The van der Waals surface area contributed by atoms with Crippen LogP contribution in [0.25, 0.3) is 0 Å². The summed E-state index contributed by atoms with van der Waals surface area (Å²) in [6.45, 7) is 1.64. The zero-order valence-electron chi connectivity index (χ0n) is 7.17. The standard InChI is InChI=1S/C8H10N2O3/c1-6(8(12)13)5-10-7(11)3-2-4-9-10/h2-4,6H,5H2,1H3,(H,12,13). The van der Waals surface area contributed by atoms with Gasteiger partial charge < -0.3 is 5.11 Å². The molecule has 1 aromatic rings. The van der Waals surface area contributed by atoms with Gasteiger partial charge >= 0.3 is 5.97 Å². The van der Waals surface area contributed by atoms with Crippen molar-refractivity contribution in [2.45, 2.75) is 13.5 Å². The molecule has 0 spiro atoms. The molecule has 0 radical (unpaired) electrons. The first kappa shape index (κ1) is 9.44. The molecule has 0 saturated carbocycles. The summed E-state index contributed by atoms with van der Waals surface area (Å²) in [4.78, 5) is 21.6. The van der Waals surface area contributed by atoms with Crippen LogP contribution in [0.1, 0.15) is 6.92 Å². The molecular formula is C8H10N2O3. The number of rotatable bonds is 3. The Morgan fingerprint density at radius 1 is 1.77 bits per heavy atom. The summed E-state index contributed by atoms with van der Waals surface area (Å²) in [5, 5.41) is 12.3. The number of carboxylic acid groups (broad SMARTS) is 1. The van der Waals surface area contributed by atoms with Crippen molar-refractivity contribution in [2.75, 3.05) is 0 Å². The lowest BCUT2D eigenvalue weighted by molar-refractivity contribution is -0.141. The lowest BCUT2D eigenvalue weighted by Crippen LogP contribution is -2.27. The van der Waals surface area contributed by atoms with E-state index in [0.717, 1.165) is 4.68 Å². The number of hydrogen-bond acceptors (Lipinski definition) is 3. The highest BCUT2D eigenvalue weighted by Crippen LogP contribution is 1.96. The summed E-state index contributed by atoms with van der Waals surface area (Å²) in [6.07, 6.45) is 1.45. The SMILES string of the molecule is CC(Cn1ncccc1=O)C(=O)O. The first-order chi connectivity index (χ1) is 6.11. The molecule has 0 bridgehead atoms. The Labute approximate surface area is 74.6 Å². The highest BCUT2D eigenvalue weighted by molar-refractivity contribution is 5.69. The topological polar surface area (TPSA) is 72.2 Å². The third kappa shape index (κ3) is 2.40. The maximum atomic E-state index is 11.1. The molecule has 0 aliphatic heterocycles. The molecule has 1 rings (SSSR count). The summed E-state index contributed by atoms with van der Waals surface area (Å²) in [7, 11) is 0. The Morgan fingerprint density at radius 2 is 2.46 bits per heavy atom. The van der Waals surface area contributed by atoms with Crippen molar-refractivity contribution in [3.05, 3.63) is 28.7 Å². The van der Waals surface area contributed by atoms with Crippen LogP contribution in [0, 0.1) is 5.92 Å². The van der Waals surface area contributed by atoms with Gasteiger partial charge in [0.1, 0.15) is 0 Å². The molecule has 0 aliphatic rings. The Balaban J connectivity index is 2.81. The fraction of sp³-hybridized carbons (Fsp3) is 0.375. The Morgan fingerprint density at radius 3 is 3.00 bits per heavy atom. The van der Waals surface area contributed by atoms with Gasteiger partial charge in [0.05, 0.1) is 12.5 Å². The van der Waals surface area contributed by atoms with E-state index in [0.29, 0.717) is 0 Å². The number of hydrogen-bond donors (Lipinski definition) is 1. The van der Waals surface area contributed by atoms with Crippen molar-refractivity contribution in [3.63, 3.8) is 0 Å². The van der Waals surface area contributed by atoms with Crippen LogP contribution in [0.5, 0.6) is 0 Å². The van der Waals surface area contributed by atoms with E-state index in [2.05, 4.69) is 5.10 Å². The molecule has 5 heteroatoms. The van der Waals surface area contributed by atoms with Gasteiger partial charge in [-0.3, -0.25) is 9.59 Å². The average Bonchev–Trinajstić information content (AvgIpc) is 2.08. The predicted molar refractivity (Wildman–Crippen MR) is 45.3 cm³/mol. The lowest BCUT2D eigenvalue weighted by atomic mass is 10.2. The number of carbonyl (C=O) groups is 1. The zero-order valence-corrected chi connectivity index (χ0v) is 7.17. The molecule has 5 nitrogen and oxygen atoms in total. The molecule has 13 heavy (non-hydrogen) atoms. The summed E-state index contributed by atoms with van der Waals surface area (Å²) in [6, 6.07) is 2.87. The van der Waals surface area contributed by atoms with E-state index >= 15 is 0 Å². The third-order valence-electron chi connectivity index (χ3n) is 1.65. The summed E-state index contributed by atoms with van der Waals surface area (Å²) >= 11 is 0. The second kappa shape index (κ2) is 3.84. The van der Waals surface area contributed by atoms with E-state index < -0.39 is 11.9 Å². The second-order valence-corrected chi connectivity index (χ2v) is 2.78. The quantitative estimate of drug-likeness (QED) is 0.712. The minimum absolute atomic E-state index is 0.106. The third-order valence-corrected chi connectivity index (χ3v) is 1.65. The normalized spacial score (nSPS) is 12.4. The van der Waals surface area contributed by atoms with Crippen LogP contribution in [0.4, 0.5) is 0 Å². The summed E-state index contributed by atoms with van der Waals surface area (Å²) < 4.78 is 1.14. The molecule has 0 fully saturated rings. The van der Waals surface area contributed by atoms with Crippen molar-refractivity contribution in [1.82, 2.24) is 9.78 Å². The van der Waals surface area contributed by atoms with Crippen molar-refractivity contribution < 1.29 is 9.90 Å². The van der Waals surface area contributed by atoms with Crippen LogP contribution in [0.15, 0.2) is 23.1 Å². The van der Waals surface area contributed by atoms with Crippen molar-refractivity contribution in [2.24, 2.45) is 5.92 Å². The zero-order chi connectivity index (χ0) is 9.84. The van der Waals surface area contributed by atoms with Crippen molar-refractivity contribution >= 4 is 5.97 Å². The van der Waals surface area contributed by atoms with Crippen LogP contribution in [-0.4, -0.2) is 20.9 Å². The van der Waals surface area contributed by atoms with Crippen molar-refractivity contribution in [3.8, 4) is 0 Å². The van der Waals surface area contributed by atoms with Gasteiger partial charge in [-0.1, -0.05) is 6.92 Å². The first-order valence-corrected chi connectivity index (χ1v) is 3.86. The van der Waals surface area contributed by atoms with Gasteiger partial charge in [0, 0.05) is 12.3 Å². The van der Waals surface area contributed by atoms with Gasteiger partial charge in [-0.2, -0.15) is 5.10 Å². The molecule has 1 N–H and O–H groups in total. The number of aromatic nitrogens is 2. The van der Waals surface area contributed by atoms with Gasteiger partial charge in [0.25, 0.3) is 5.56 Å². The van der Waals surface area contributed by atoms with Crippen LogP contribution in [-0.2, 0) is 11.3 Å². The molecule has 0 saturated heterocycles. The Kier molecular flexibility index (Phi) is 2.79. The maximum Gasteiger partial charge on any atom is 0.308 e. The molecule has 1 atom stereocenters. The minimum Gasteiger partial charge on any atom is -0.481 e. The summed E-state index contributed by atoms with van der Waals surface area (Å²) in [5.41, 5.74) is -0.282. The smallest absolute Gasteiger partial charge is 0.308 e. The Hall–Kier alpha value is -1.65. The largest absolute Gasteiger partial charge is 0.481 e. The Bertz CT molecular complexity index is 358. The maximum absolute atomic E-state index is 11.1. The van der Waals surface area contributed by atoms with Gasteiger partial charge in [-0.25, -0.2) is 4.68 Å². The van der Waals surface area contributed by atoms with Gasteiger partial charge in [-0.15, -0.1) is 0 Å². The van der Waals surface area contributed by atoms with E-state index in [9.17, 15) is 9.59 Å². The van der Waals surface area contributed by atoms with Crippen LogP contribution < -0.4 is 5.56 Å². The van der Waals surface area contributed by atoms with Gasteiger partial charge in [-0.05, 0) is 6.07 Å². The summed E-state index contributed by atoms with van der Waals surface area (Å²) in [5.74, 6) is -1.54. The first-order valence-electron chi connectivity index (χ1n) is 3.86. The van der Waals surface area contributed by atoms with E-state index in [-0.39, 0.29) is 12.1 Å². The molecule has 1 heterocycles. The minimum atomic E-state index is -0.933. The van der Waals surface area contributed by atoms with Crippen LogP contribution >= 0.6 is 0 Å². The molecule has 0 amide bonds. The molecule has 0 aromatic carbocycles. The predicted octanol–water partition coefficient (Wildman–Crippen LogP) is -0.0360. The fourth-order valence-corrected chi connectivity index (χ4v) is 0.862. The average molecular weight is 182 g/mol. The molecular weight excluding hydrogens is 172 g/mol. The number of carboxylic acids is 1.